The molecular formula is C20H20BrN3OS. The average Bonchev–Trinajstić information content (AvgIpc) is 2.52. The third-order valence-electron chi connectivity index (χ3n) is 4.18. The molecule has 0 radical (unpaired) electrons. The first-order valence-corrected chi connectivity index (χ1v) is 9.47. The van der Waals surface area contributed by atoms with Gasteiger partial charge in [0.15, 0.2) is 5.11 Å². The van der Waals surface area contributed by atoms with E-state index in [1.54, 1.807) is 0 Å². The minimum atomic E-state index is -0.313. The van der Waals surface area contributed by atoms with Crippen LogP contribution in [0.3, 0.4) is 0 Å². The summed E-state index contributed by atoms with van der Waals surface area (Å²) in [4.78, 5) is 13.1. The number of nitrogens with one attached hydrogen (secondary N) is 3. The quantitative estimate of drug-likeness (QED) is 0.628. The number of carbonyl (C=O) groups excluding carboxylic acids is 1. The molecule has 134 valence electrons. The van der Waals surface area contributed by atoms with Crippen LogP contribution in [0.25, 0.3) is 0 Å². The Morgan fingerprint density at radius 3 is 2.46 bits per heavy atom. The molecule has 0 aliphatic carbocycles. The second kappa shape index (κ2) is 7.60. The topological polar surface area (TPSA) is 53.2 Å². The number of hydrogen-bond acceptors (Lipinski definition) is 2. The molecule has 0 spiro atoms. The molecule has 0 bridgehead atoms. The number of carbonyl (C=O) groups is 1. The van der Waals surface area contributed by atoms with E-state index in [0.717, 1.165) is 32.5 Å². The Hall–Kier alpha value is -2.18. The fraction of sp³-hybridized carbons (Fsp3) is 0.200. The summed E-state index contributed by atoms with van der Waals surface area (Å²) in [6.07, 6.45) is 0. The first-order valence-electron chi connectivity index (χ1n) is 8.27. The molecule has 1 aliphatic heterocycles. The van der Waals surface area contributed by atoms with Crippen molar-refractivity contribution in [3.8, 4) is 0 Å². The van der Waals surface area contributed by atoms with Crippen LogP contribution in [0.1, 0.15) is 29.7 Å². The van der Waals surface area contributed by atoms with Gasteiger partial charge in [-0.3, -0.25) is 4.79 Å². The van der Waals surface area contributed by atoms with Crippen molar-refractivity contribution in [2.75, 3.05) is 5.32 Å². The van der Waals surface area contributed by atoms with Crippen LogP contribution >= 0.6 is 28.1 Å². The van der Waals surface area contributed by atoms with Crippen molar-refractivity contribution in [3.05, 3.63) is 74.9 Å². The Balaban J connectivity index is 1.96. The molecule has 0 fully saturated rings. The molecule has 4 nitrogen and oxygen atoms in total. The second-order valence-electron chi connectivity index (χ2n) is 6.46. The standard InChI is InChI=1S/C20H20BrN3OS/c1-11-7-12(2)9-16(8-11)23-19(25)17-13(3)22-20(26)24-18(17)14-5-4-6-15(21)10-14/h4-10,18H,1-3H3,(H,23,25)(H2,22,24,26)/t18-/m1/s1. The van der Waals surface area contributed by atoms with Gasteiger partial charge in [-0.1, -0.05) is 34.1 Å². The lowest BCUT2D eigenvalue weighted by Crippen LogP contribution is -2.45. The normalized spacial score (nSPS) is 16.8. The zero-order valence-electron chi connectivity index (χ0n) is 14.8. The van der Waals surface area contributed by atoms with Crippen LogP contribution in [-0.2, 0) is 4.79 Å². The van der Waals surface area contributed by atoms with Crippen molar-refractivity contribution >= 4 is 44.9 Å². The first-order chi connectivity index (χ1) is 12.3. The SMILES string of the molecule is CC1=C(C(=O)Nc2cc(C)cc(C)c2)[C@@H](c2cccc(Br)c2)NC(=S)N1. The van der Waals surface area contributed by atoms with Crippen molar-refractivity contribution in [3.63, 3.8) is 0 Å². The largest absolute Gasteiger partial charge is 0.351 e. The Morgan fingerprint density at radius 1 is 1.12 bits per heavy atom. The number of halogens is 1. The van der Waals surface area contributed by atoms with Gasteiger partial charge >= 0.3 is 0 Å². The van der Waals surface area contributed by atoms with Crippen LogP contribution in [0.5, 0.6) is 0 Å². The highest BCUT2D eigenvalue weighted by atomic mass is 79.9. The molecule has 0 saturated carbocycles. The number of rotatable bonds is 3. The van der Waals surface area contributed by atoms with Gasteiger partial charge in [-0.15, -0.1) is 0 Å². The van der Waals surface area contributed by atoms with Gasteiger partial charge in [0, 0.05) is 15.9 Å². The van der Waals surface area contributed by atoms with E-state index in [-0.39, 0.29) is 11.9 Å². The number of allylic oxidation sites excluding steroid dienone is 1. The molecule has 0 saturated heterocycles. The number of anilines is 1. The van der Waals surface area contributed by atoms with Crippen LogP contribution in [0, 0.1) is 13.8 Å². The van der Waals surface area contributed by atoms with E-state index in [1.165, 1.54) is 0 Å². The first kappa shape index (κ1) is 18.6. The summed E-state index contributed by atoms with van der Waals surface area (Å²) < 4.78 is 0.952. The Kier molecular flexibility index (Phi) is 5.44. The lowest BCUT2D eigenvalue weighted by atomic mass is 9.95. The van der Waals surface area contributed by atoms with Gasteiger partial charge in [0.05, 0.1) is 11.6 Å². The van der Waals surface area contributed by atoms with E-state index in [9.17, 15) is 4.79 Å². The fourth-order valence-corrected chi connectivity index (χ4v) is 3.86. The molecule has 0 aromatic heterocycles. The zero-order valence-corrected chi connectivity index (χ0v) is 17.2. The highest BCUT2D eigenvalue weighted by Gasteiger charge is 2.30. The Morgan fingerprint density at radius 2 is 1.81 bits per heavy atom. The lowest BCUT2D eigenvalue weighted by Gasteiger charge is -2.30. The van der Waals surface area contributed by atoms with Crippen LogP contribution in [0.4, 0.5) is 5.69 Å². The van der Waals surface area contributed by atoms with Crippen molar-refractivity contribution in [2.24, 2.45) is 0 Å². The predicted octanol–water partition coefficient (Wildman–Crippen LogP) is 4.50. The summed E-state index contributed by atoms with van der Waals surface area (Å²) in [6.45, 7) is 5.90. The average molecular weight is 430 g/mol. The number of aryl methyl sites for hydroxylation is 2. The van der Waals surface area contributed by atoms with Gasteiger partial charge in [-0.05, 0) is 73.9 Å². The molecule has 1 aliphatic rings. The van der Waals surface area contributed by atoms with E-state index in [1.807, 2.05) is 57.2 Å². The van der Waals surface area contributed by atoms with Gasteiger partial charge in [0.1, 0.15) is 0 Å². The van der Waals surface area contributed by atoms with Crippen molar-refractivity contribution in [2.45, 2.75) is 26.8 Å². The second-order valence-corrected chi connectivity index (χ2v) is 7.78. The van der Waals surface area contributed by atoms with Crippen molar-refractivity contribution in [1.82, 2.24) is 10.6 Å². The monoisotopic (exact) mass is 429 g/mol. The number of thiocarbonyl (C=S) groups is 1. The Bertz CT molecular complexity index is 903. The van der Waals surface area contributed by atoms with E-state index < -0.39 is 0 Å². The lowest BCUT2D eigenvalue weighted by molar-refractivity contribution is -0.113. The molecule has 0 unspecified atom stereocenters. The number of benzene rings is 2. The number of amides is 1. The third-order valence-corrected chi connectivity index (χ3v) is 4.89. The van der Waals surface area contributed by atoms with E-state index in [2.05, 4.69) is 37.9 Å². The smallest absolute Gasteiger partial charge is 0.255 e. The van der Waals surface area contributed by atoms with Gasteiger partial charge in [0.25, 0.3) is 5.91 Å². The molecule has 2 aromatic carbocycles. The Labute approximate surface area is 167 Å². The summed E-state index contributed by atoms with van der Waals surface area (Å²) in [5, 5.41) is 9.80. The van der Waals surface area contributed by atoms with Gasteiger partial charge in [-0.25, -0.2) is 0 Å². The zero-order chi connectivity index (χ0) is 18.8. The van der Waals surface area contributed by atoms with E-state index in [4.69, 9.17) is 12.2 Å². The molecule has 2 aromatic rings. The maximum absolute atomic E-state index is 13.1. The summed E-state index contributed by atoms with van der Waals surface area (Å²) in [6, 6.07) is 13.6. The van der Waals surface area contributed by atoms with Crippen LogP contribution in [0.2, 0.25) is 0 Å². The molecule has 6 heteroatoms. The molecule has 1 heterocycles. The van der Waals surface area contributed by atoms with E-state index >= 15 is 0 Å². The highest BCUT2D eigenvalue weighted by molar-refractivity contribution is 9.10. The van der Waals surface area contributed by atoms with Crippen LogP contribution in [-0.4, -0.2) is 11.0 Å². The van der Waals surface area contributed by atoms with Crippen LogP contribution in [0.15, 0.2) is 58.2 Å². The molecule has 26 heavy (non-hydrogen) atoms. The number of hydrogen-bond donors (Lipinski definition) is 3. The molecule has 1 amide bonds. The van der Waals surface area contributed by atoms with Crippen molar-refractivity contribution in [1.29, 1.82) is 0 Å². The molecular weight excluding hydrogens is 410 g/mol. The predicted molar refractivity (Wildman–Crippen MR) is 113 cm³/mol. The van der Waals surface area contributed by atoms with Crippen molar-refractivity contribution < 1.29 is 4.79 Å². The summed E-state index contributed by atoms with van der Waals surface area (Å²) >= 11 is 8.79. The van der Waals surface area contributed by atoms with Gasteiger partial charge in [-0.2, -0.15) is 0 Å². The maximum Gasteiger partial charge on any atom is 0.255 e. The minimum absolute atomic E-state index is 0.153. The molecule has 3 rings (SSSR count). The van der Waals surface area contributed by atoms with Crippen LogP contribution < -0.4 is 16.0 Å². The highest BCUT2D eigenvalue weighted by Crippen LogP contribution is 2.29. The summed E-state index contributed by atoms with van der Waals surface area (Å²) in [5.74, 6) is -0.153. The van der Waals surface area contributed by atoms with Gasteiger partial charge < -0.3 is 16.0 Å². The minimum Gasteiger partial charge on any atom is -0.351 e. The summed E-state index contributed by atoms with van der Waals surface area (Å²) in [7, 11) is 0. The maximum atomic E-state index is 13.1. The molecule has 3 N–H and O–H groups in total. The third kappa shape index (κ3) is 4.14. The van der Waals surface area contributed by atoms with E-state index in [0.29, 0.717) is 10.7 Å². The van der Waals surface area contributed by atoms with Gasteiger partial charge in [0.2, 0.25) is 0 Å². The molecule has 1 atom stereocenters. The fourth-order valence-electron chi connectivity index (χ4n) is 3.18. The summed E-state index contributed by atoms with van der Waals surface area (Å²) in [5.41, 5.74) is 5.34.